The number of amides is 8. The van der Waals surface area contributed by atoms with Crippen molar-refractivity contribution >= 4 is 64.8 Å². The number of β-amino-alcohol motifs (C(OH)–C–C–N with tert-alkyl or cyclic N) is 1. The maximum Gasteiger partial charge on any atom is 0.514 e. The van der Waals surface area contributed by atoms with Crippen molar-refractivity contribution in [2.24, 2.45) is 5.92 Å². The fourth-order valence-electron chi connectivity index (χ4n) is 12.0. The third-order valence-electron chi connectivity index (χ3n) is 17.6. The number of rotatable bonds is 30. The Labute approximate surface area is 610 Å². The van der Waals surface area contributed by atoms with Crippen LogP contribution in [0.3, 0.4) is 0 Å². The number of carbonyl (C=O) groups is 9. The van der Waals surface area contributed by atoms with E-state index >= 15 is 9.59 Å². The molecular formula is C69H93N9O27S. The molecule has 3 fully saturated rings. The number of nitrogens with zero attached hydrogens (tertiary/aromatic N) is 4. The first-order valence-electron chi connectivity index (χ1n) is 34.0. The summed E-state index contributed by atoms with van der Waals surface area (Å²) in [6, 6.07) is 3.93. The van der Waals surface area contributed by atoms with Gasteiger partial charge in [-0.1, -0.05) is 62.0 Å². The third kappa shape index (κ3) is 23.3. The van der Waals surface area contributed by atoms with Crippen molar-refractivity contribution < 1.29 is 130 Å². The first-order valence-corrected chi connectivity index (χ1v) is 35.5. The van der Waals surface area contributed by atoms with Crippen LogP contribution in [0.5, 0.6) is 17.2 Å². The molecule has 37 heteroatoms. The van der Waals surface area contributed by atoms with Gasteiger partial charge in [0, 0.05) is 87.8 Å². The molecule has 3 aliphatic heterocycles. The average molecular weight is 1510 g/mol. The topological polar surface area (TPSA) is 527 Å². The third-order valence-corrected chi connectivity index (χ3v) is 18.0. The predicted molar refractivity (Wildman–Crippen MR) is 374 cm³/mol. The van der Waals surface area contributed by atoms with Gasteiger partial charge in [-0.25, -0.2) is 9.59 Å². The number of hydrogen-bond donors (Lipinski definition) is 16. The Morgan fingerprint density at radius 3 is 2.03 bits per heavy atom. The van der Waals surface area contributed by atoms with Crippen LogP contribution in [0.15, 0.2) is 103 Å². The van der Waals surface area contributed by atoms with Crippen molar-refractivity contribution in [2.45, 2.75) is 144 Å². The summed E-state index contributed by atoms with van der Waals surface area (Å²) in [6.45, 7) is 5.55. The van der Waals surface area contributed by atoms with Gasteiger partial charge in [-0.15, -0.1) is 0 Å². The second-order valence-electron chi connectivity index (χ2n) is 25.6. The highest BCUT2D eigenvalue weighted by Gasteiger charge is 2.50. The number of aliphatic hydroxyl groups excluding tert-OH is 8. The molecule has 0 aliphatic carbocycles. The summed E-state index contributed by atoms with van der Waals surface area (Å²) in [5, 5.41) is 107. The average Bonchev–Trinajstić information content (AvgIpc) is 1.62. The van der Waals surface area contributed by atoms with E-state index in [9.17, 15) is 88.1 Å². The molecule has 16 N–H and O–H groups in total. The minimum Gasteiger partial charge on any atom is -0.494 e. The first-order chi connectivity index (χ1) is 50.5. The standard InChI is InChI=1S/C69H93N9O27S/c1-6-24-101-68(94)76(44(36-79)37-80)23-22-51(84)58-67(93)78-34-38(3)60(86)59(78)65(91)70-33-45(82)30-49(71-61(87)43-15-13-41(14-16-43)48-32-54(104-75-48)42-17-19-47(20-18-42)100-27-11-9-8-10-26-99-5)62(88)72-56(39(4)81)66(92)77-35-46(83)31-50(77)63(89)73-57(64(90)74-58)52(85)28-40-12-21-53(103-69(95)102-25-7-2)55(29-40)105-106(96,97)98/h6-7,12-21,29,32,38-39,44-46,49-52,56-60,79-86,96-98H,1-2,8-11,22-28,30-31,33-37H2,3-5H3,(H,70,91)(H,71,87)(H,72,88)(H,73,89)(H,74,90)/t38-,39+,45+,46+,49-,50-,51+,52+,56-,57-,58-,59-,60-/m0/s1. The Morgan fingerprint density at radius 1 is 0.736 bits per heavy atom. The molecule has 1 aromatic heterocycles. The van der Waals surface area contributed by atoms with Gasteiger partial charge in [0.15, 0.2) is 17.3 Å². The number of carbonyl (C=O) groups excluding carboxylic acids is 9. The lowest BCUT2D eigenvalue weighted by atomic mass is 9.98. The minimum atomic E-state index is -4.93. The molecule has 36 nitrogen and oxygen atoms in total. The van der Waals surface area contributed by atoms with Crippen LogP contribution in [0.4, 0.5) is 9.59 Å². The van der Waals surface area contributed by atoms with Crippen molar-refractivity contribution in [1.82, 2.24) is 46.4 Å². The highest BCUT2D eigenvalue weighted by molar-refractivity contribution is 8.15. The molecule has 4 heterocycles. The molecule has 106 heavy (non-hydrogen) atoms. The van der Waals surface area contributed by atoms with Gasteiger partial charge in [0.25, 0.3) is 17.1 Å². The van der Waals surface area contributed by atoms with Crippen LogP contribution in [0.2, 0.25) is 0 Å². The predicted octanol–water partition coefficient (Wildman–Crippen LogP) is 0.129. The van der Waals surface area contributed by atoms with E-state index in [0.29, 0.717) is 41.5 Å². The Morgan fingerprint density at radius 2 is 1.38 bits per heavy atom. The highest BCUT2D eigenvalue weighted by Crippen LogP contribution is 2.42. The molecule has 0 radical (unpaired) electrons. The molecule has 3 saturated heterocycles. The number of nitrogens with one attached hydrogen (secondary N) is 5. The summed E-state index contributed by atoms with van der Waals surface area (Å²) in [6.07, 6.45) is -10.7. The molecule has 3 aromatic carbocycles. The zero-order valence-corrected chi connectivity index (χ0v) is 59.3. The number of unbranched alkanes of at least 4 members (excludes halogenated alkanes) is 3. The van der Waals surface area contributed by atoms with Gasteiger partial charge < -0.3 is 115 Å². The van der Waals surface area contributed by atoms with Gasteiger partial charge in [-0.2, -0.15) is 0 Å². The molecule has 13 atom stereocenters. The number of aromatic nitrogens is 1. The van der Waals surface area contributed by atoms with E-state index in [1.54, 1.807) is 25.3 Å². The first kappa shape index (κ1) is 83.9. The molecule has 0 spiro atoms. The normalized spacial score (nSPS) is 23.1. The number of fused-ring (bicyclic) bond motifs is 2. The smallest absolute Gasteiger partial charge is 0.494 e. The zero-order valence-electron chi connectivity index (χ0n) is 58.5. The van der Waals surface area contributed by atoms with E-state index in [0.717, 1.165) is 65.5 Å². The fourth-order valence-corrected chi connectivity index (χ4v) is 12.4. The van der Waals surface area contributed by atoms with Crippen LogP contribution in [-0.2, 0) is 49.4 Å². The van der Waals surface area contributed by atoms with Crippen LogP contribution in [0.1, 0.15) is 74.7 Å². The van der Waals surface area contributed by atoms with E-state index in [2.05, 4.69) is 44.9 Å². The largest absolute Gasteiger partial charge is 0.514 e. The molecule has 0 bridgehead atoms. The molecule has 582 valence electrons. The molecule has 3 aliphatic rings. The fraction of sp³-hybridized carbons (Fsp3) is 0.507. The number of ether oxygens (including phenoxy) is 5. The van der Waals surface area contributed by atoms with Gasteiger partial charge in [0.2, 0.25) is 35.4 Å². The Bertz CT molecular complexity index is 3650. The Hall–Kier alpha value is -9.35. The monoisotopic (exact) mass is 1510 g/mol. The van der Waals surface area contributed by atoms with Crippen LogP contribution in [0.25, 0.3) is 22.6 Å². The summed E-state index contributed by atoms with van der Waals surface area (Å²) >= 11 is -4.93. The van der Waals surface area contributed by atoms with E-state index in [-0.39, 0.29) is 24.3 Å². The minimum absolute atomic E-state index is 0.0529. The van der Waals surface area contributed by atoms with Gasteiger partial charge >= 0.3 is 12.2 Å². The number of methoxy groups -OCH3 is 1. The highest BCUT2D eigenvalue weighted by atomic mass is 32.3. The van der Waals surface area contributed by atoms with Gasteiger partial charge in [0.05, 0.1) is 62.5 Å². The lowest BCUT2D eigenvalue weighted by Crippen LogP contribution is -2.64. The maximum atomic E-state index is 15.3. The van der Waals surface area contributed by atoms with E-state index in [1.807, 2.05) is 12.1 Å². The van der Waals surface area contributed by atoms with Gasteiger partial charge in [-0.05, 0) is 86.7 Å². The molecular weight excluding hydrogens is 1420 g/mol. The number of benzene rings is 3. The van der Waals surface area contributed by atoms with Crippen LogP contribution in [-0.4, -0.2) is 280 Å². The summed E-state index contributed by atoms with van der Waals surface area (Å²) in [5.74, 6) is -10.1. The van der Waals surface area contributed by atoms with E-state index < -0.39 is 226 Å². The van der Waals surface area contributed by atoms with Crippen molar-refractivity contribution in [1.29, 1.82) is 0 Å². The molecule has 8 amide bonds. The van der Waals surface area contributed by atoms with Gasteiger partial charge in [-0.3, -0.25) is 47.2 Å². The summed E-state index contributed by atoms with van der Waals surface area (Å²) < 4.78 is 66.3. The van der Waals surface area contributed by atoms with E-state index in [1.165, 1.54) is 43.3 Å². The van der Waals surface area contributed by atoms with Crippen molar-refractivity contribution in [3.05, 3.63) is 109 Å². The Kier molecular flexibility index (Phi) is 31.5. The molecule has 7 rings (SSSR count). The molecule has 0 saturated carbocycles. The molecule has 0 unspecified atom stereocenters. The summed E-state index contributed by atoms with van der Waals surface area (Å²) in [4.78, 5) is 132. The zero-order chi connectivity index (χ0) is 77.5. The SMILES string of the molecule is C=CCOC(=O)Oc1ccc(C[C@@H](O)[C@@H]2NC(=O)[C@@H]3C[C@@H](O)CN3C(=O)[C@H]([C@@H](C)O)NC(=O)[C@@H](NC(=O)c3ccc(-c4cc(-c5ccc(OCCCCCCOC)cc5)on4)cc3)C[C@@H](O)CNC(=O)[C@@H]3[C@@H](O)[C@@H](C)CN3C(=O)[C@H]([C@H](O)CCN(C(=O)OCC=C)C(CO)CO)NC2=O)cc1OS(O)(O)O. The number of aliphatic hydroxyl groups is 8. The lowest BCUT2D eigenvalue weighted by Gasteiger charge is -2.35. The van der Waals surface area contributed by atoms with Crippen LogP contribution >= 0.6 is 11.2 Å². The quantitative estimate of drug-likeness (QED) is 0.0143. The Balaban J connectivity index is 1.23. The second kappa shape index (κ2) is 39.8. The molecule has 4 aromatic rings. The van der Waals surface area contributed by atoms with E-state index in [4.69, 9.17) is 32.4 Å². The van der Waals surface area contributed by atoms with Crippen LogP contribution < -0.4 is 40.2 Å². The van der Waals surface area contributed by atoms with Crippen molar-refractivity contribution in [3.8, 4) is 39.8 Å². The van der Waals surface area contributed by atoms with Crippen molar-refractivity contribution in [2.75, 3.05) is 72.9 Å². The lowest BCUT2D eigenvalue weighted by molar-refractivity contribution is -0.147. The maximum absolute atomic E-state index is 15.3. The van der Waals surface area contributed by atoms with Crippen molar-refractivity contribution in [3.63, 3.8) is 0 Å². The second-order valence-corrected chi connectivity index (χ2v) is 26.7. The summed E-state index contributed by atoms with van der Waals surface area (Å²) in [5.41, 5.74) is 1.34. The van der Waals surface area contributed by atoms with Crippen LogP contribution in [0, 0.1) is 5.92 Å². The van der Waals surface area contributed by atoms with Gasteiger partial charge in [0.1, 0.15) is 60.9 Å². The number of hydrogen-bond acceptors (Lipinski definition) is 28. The summed E-state index contributed by atoms with van der Waals surface area (Å²) in [7, 11) is 1.67.